The van der Waals surface area contributed by atoms with Crippen LogP contribution < -0.4 is 9.57 Å². The van der Waals surface area contributed by atoms with E-state index in [9.17, 15) is 12.8 Å². The molecule has 0 saturated heterocycles. The molecule has 0 spiro atoms. The normalized spacial score (nSPS) is 11.5. The molecular weight excluding hydrogens is 379 g/mol. The van der Waals surface area contributed by atoms with Crippen LogP contribution in [0.4, 0.5) is 4.39 Å². The van der Waals surface area contributed by atoms with E-state index in [4.69, 9.17) is 4.74 Å². The highest BCUT2D eigenvalue weighted by atomic mass is 32.2. The van der Waals surface area contributed by atoms with Crippen molar-refractivity contribution in [3.05, 3.63) is 95.3 Å². The van der Waals surface area contributed by atoms with Crippen molar-refractivity contribution in [3.8, 4) is 5.75 Å². The van der Waals surface area contributed by atoms with E-state index in [0.717, 1.165) is 11.1 Å². The Morgan fingerprint density at radius 3 is 2.25 bits per heavy atom. The van der Waals surface area contributed by atoms with Gasteiger partial charge in [0.15, 0.2) is 0 Å². The molecule has 28 heavy (non-hydrogen) atoms. The summed E-state index contributed by atoms with van der Waals surface area (Å²) < 4.78 is 42.8. The van der Waals surface area contributed by atoms with E-state index in [2.05, 4.69) is 9.93 Å². The predicted octanol–water partition coefficient (Wildman–Crippen LogP) is 4.03. The van der Waals surface area contributed by atoms with Crippen LogP contribution in [0, 0.1) is 12.7 Å². The minimum Gasteiger partial charge on any atom is -0.489 e. The van der Waals surface area contributed by atoms with Gasteiger partial charge in [-0.3, -0.25) is 0 Å². The number of hydrazone groups is 1. The lowest BCUT2D eigenvalue weighted by Crippen LogP contribution is -2.18. The number of ether oxygens (including phenoxy) is 1. The molecule has 0 fully saturated rings. The average Bonchev–Trinajstić information content (AvgIpc) is 2.69. The van der Waals surface area contributed by atoms with Gasteiger partial charge in [0.25, 0.3) is 10.0 Å². The van der Waals surface area contributed by atoms with Gasteiger partial charge in [-0.25, -0.2) is 9.22 Å². The number of halogens is 1. The van der Waals surface area contributed by atoms with Gasteiger partial charge in [0.2, 0.25) is 0 Å². The Bertz CT molecular complexity index is 1050. The van der Waals surface area contributed by atoms with Gasteiger partial charge in [-0.2, -0.15) is 13.5 Å². The van der Waals surface area contributed by atoms with E-state index in [1.165, 1.54) is 30.5 Å². The molecule has 0 aromatic heterocycles. The largest absolute Gasteiger partial charge is 0.489 e. The highest BCUT2D eigenvalue weighted by Gasteiger charge is 2.11. The predicted molar refractivity (Wildman–Crippen MR) is 106 cm³/mol. The minimum absolute atomic E-state index is 0.153. The number of sulfonamides is 1. The van der Waals surface area contributed by atoms with Gasteiger partial charge in [0, 0.05) is 0 Å². The lowest BCUT2D eigenvalue weighted by Gasteiger charge is -2.06. The average molecular weight is 398 g/mol. The molecule has 0 aliphatic heterocycles. The van der Waals surface area contributed by atoms with Crippen LogP contribution >= 0.6 is 0 Å². The summed E-state index contributed by atoms with van der Waals surface area (Å²) in [6.07, 6.45) is 1.41. The number of hydrogen-bond acceptors (Lipinski definition) is 4. The van der Waals surface area contributed by atoms with Gasteiger partial charge in [-0.1, -0.05) is 29.8 Å². The first kappa shape index (κ1) is 19.6. The standard InChI is InChI=1S/C21H19FN2O3S/c1-16-2-12-21(13-3-16)28(25,26)24-23-14-17-6-10-20(11-7-17)27-15-18-4-8-19(22)9-5-18/h2-14,24H,15H2,1H3/b23-14+. The highest BCUT2D eigenvalue weighted by Crippen LogP contribution is 2.14. The number of benzene rings is 3. The number of nitrogens with one attached hydrogen (secondary N) is 1. The second-order valence-electron chi connectivity index (χ2n) is 6.15. The van der Waals surface area contributed by atoms with Crippen molar-refractivity contribution in [1.82, 2.24) is 4.83 Å². The van der Waals surface area contributed by atoms with E-state index in [1.807, 2.05) is 6.92 Å². The first-order chi connectivity index (χ1) is 13.4. The maximum atomic E-state index is 12.9. The van der Waals surface area contributed by atoms with Crippen molar-refractivity contribution in [2.24, 2.45) is 5.10 Å². The summed E-state index contributed by atoms with van der Waals surface area (Å²) in [6.45, 7) is 2.21. The second-order valence-corrected chi connectivity index (χ2v) is 7.81. The molecule has 0 aliphatic rings. The topological polar surface area (TPSA) is 67.8 Å². The van der Waals surface area contributed by atoms with E-state index in [0.29, 0.717) is 17.9 Å². The van der Waals surface area contributed by atoms with Crippen LogP contribution in [0.15, 0.2) is 82.8 Å². The highest BCUT2D eigenvalue weighted by molar-refractivity contribution is 7.89. The molecule has 7 heteroatoms. The Morgan fingerprint density at radius 2 is 1.61 bits per heavy atom. The van der Waals surface area contributed by atoms with Gasteiger partial charge >= 0.3 is 0 Å². The summed E-state index contributed by atoms with van der Waals surface area (Å²) in [5.41, 5.74) is 2.54. The fourth-order valence-corrected chi connectivity index (χ4v) is 3.13. The summed E-state index contributed by atoms with van der Waals surface area (Å²) >= 11 is 0. The minimum atomic E-state index is -3.70. The third kappa shape index (κ3) is 5.40. The second kappa shape index (κ2) is 8.67. The summed E-state index contributed by atoms with van der Waals surface area (Å²) in [7, 11) is -3.70. The zero-order valence-corrected chi connectivity index (χ0v) is 16.0. The smallest absolute Gasteiger partial charge is 0.276 e. The number of aryl methyl sites for hydroxylation is 1. The zero-order chi connectivity index (χ0) is 20.0. The molecule has 0 amide bonds. The Kier molecular flexibility index (Phi) is 6.06. The summed E-state index contributed by atoms with van der Waals surface area (Å²) in [5, 5.41) is 3.80. The number of rotatable bonds is 7. The van der Waals surface area contributed by atoms with E-state index in [-0.39, 0.29) is 10.7 Å². The van der Waals surface area contributed by atoms with Crippen molar-refractivity contribution < 1.29 is 17.5 Å². The van der Waals surface area contributed by atoms with Gasteiger partial charge in [-0.05, 0) is 66.6 Å². The van der Waals surface area contributed by atoms with Crippen LogP contribution in [0.2, 0.25) is 0 Å². The molecule has 144 valence electrons. The van der Waals surface area contributed by atoms with Crippen LogP contribution in [-0.2, 0) is 16.6 Å². The number of hydrogen-bond donors (Lipinski definition) is 1. The van der Waals surface area contributed by atoms with Gasteiger partial charge in [-0.15, -0.1) is 0 Å². The molecule has 3 aromatic carbocycles. The van der Waals surface area contributed by atoms with Gasteiger partial charge in [0.1, 0.15) is 18.2 Å². The molecule has 0 saturated carbocycles. The van der Waals surface area contributed by atoms with Crippen molar-refractivity contribution in [3.63, 3.8) is 0 Å². The molecule has 0 bridgehead atoms. The maximum Gasteiger partial charge on any atom is 0.276 e. The fraction of sp³-hybridized carbons (Fsp3) is 0.0952. The van der Waals surface area contributed by atoms with Crippen molar-refractivity contribution >= 4 is 16.2 Å². The molecular formula is C21H19FN2O3S. The monoisotopic (exact) mass is 398 g/mol. The van der Waals surface area contributed by atoms with Crippen molar-refractivity contribution in [2.75, 3.05) is 0 Å². The maximum absolute atomic E-state index is 12.9. The lowest BCUT2D eigenvalue weighted by atomic mass is 10.2. The molecule has 0 heterocycles. The Hall–Kier alpha value is -3.19. The van der Waals surface area contributed by atoms with Crippen LogP contribution in [0.25, 0.3) is 0 Å². The molecule has 3 aromatic rings. The van der Waals surface area contributed by atoms with Gasteiger partial charge in [0.05, 0.1) is 11.1 Å². The van der Waals surface area contributed by atoms with Crippen LogP contribution in [0.5, 0.6) is 5.75 Å². The number of nitrogens with zero attached hydrogens (tertiary/aromatic N) is 1. The molecule has 0 aliphatic carbocycles. The molecule has 0 atom stereocenters. The molecule has 0 radical (unpaired) electrons. The SMILES string of the molecule is Cc1ccc(S(=O)(=O)N/N=C/c2ccc(OCc3ccc(F)cc3)cc2)cc1. The molecule has 1 N–H and O–H groups in total. The summed E-state index contributed by atoms with van der Waals surface area (Å²) in [5.74, 6) is 0.354. The molecule has 5 nitrogen and oxygen atoms in total. The quantitative estimate of drug-likeness (QED) is 0.483. The van der Waals surface area contributed by atoms with E-state index < -0.39 is 10.0 Å². The first-order valence-electron chi connectivity index (χ1n) is 8.51. The zero-order valence-electron chi connectivity index (χ0n) is 15.2. The van der Waals surface area contributed by atoms with Crippen molar-refractivity contribution in [2.45, 2.75) is 18.4 Å². The molecule has 3 rings (SSSR count). The van der Waals surface area contributed by atoms with E-state index >= 15 is 0 Å². The Morgan fingerprint density at radius 1 is 0.964 bits per heavy atom. The first-order valence-corrected chi connectivity index (χ1v) is 9.99. The third-order valence-corrected chi connectivity index (χ3v) is 5.16. The van der Waals surface area contributed by atoms with Crippen LogP contribution in [0.1, 0.15) is 16.7 Å². The van der Waals surface area contributed by atoms with Crippen molar-refractivity contribution in [1.29, 1.82) is 0 Å². The van der Waals surface area contributed by atoms with Crippen LogP contribution in [0.3, 0.4) is 0 Å². The third-order valence-electron chi connectivity index (χ3n) is 3.92. The summed E-state index contributed by atoms with van der Waals surface area (Å²) in [4.78, 5) is 2.34. The van der Waals surface area contributed by atoms with E-state index in [1.54, 1.807) is 48.5 Å². The fourth-order valence-electron chi connectivity index (χ4n) is 2.34. The summed E-state index contributed by atoms with van der Waals surface area (Å²) in [6, 6.07) is 19.6. The Balaban J connectivity index is 1.56. The molecule has 0 unspecified atom stereocenters. The van der Waals surface area contributed by atoms with Gasteiger partial charge < -0.3 is 4.74 Å². The lowest BCUT2D eigenvalue weighted by molar-refractivity contribution is 0.306. The van der Waals surface area contributed by atoms with Crippen LogP contribution in [-0.4, -0.2) is 14.6 Å². The Labute approximate surface area is 163 Å².